The molecule has 8 nitrogen and oxygen atoms in total. The predicted molar refractivity (Wildman–Crippen MR) is 102 cm³/mol. The van der Waals surface area contributed by atoms with Crippen LogP contribution in [0.4, 0.5) is 5.82 Å². The molecule has 0 aliphatic heterocycles. The molecule has 0 spiro atoms. The number of aromatic amines is 1. The molecule has 27 heavy (non-hydrogen) atoms. The second-order valence-corrected chi connectivity index (χ2v) is 5.66. The maximum absolute atomic E-state index is 12.3. The molecule has 0 aliphatic carbocycles. The molecule has 0 radical (unpaired) electrons. The van der Waals surface area contributed by atoms with Gasteiger partial charge in [0.05, 0.1) is 19.9 Å². The molecule has 0 amide bonds. The number of aromatic nitrogens is 4. The van der Waals surface area contributed by atoms with Crippen molar-refractivity contribution in [1.29, 1.82) is 0 Å². The van der Waals surface area contributed by atoms with Crippen LogP contribution >= 0.6 is 0 Å². The molecule has 0 fully saturated rings. The second-order valence-electron chi connectivity index (χ2n) is 5.66. The number of para-hydroxylation sites is 1. The number of aryl methyl sites for hydroxylation is 1. The maximum atomic E-state index is 12.3. The van der Waals surface area contributed by atoms with Gasteiger partial charge < -0.3 is 14.8 Å². The minimum absolute atomic E-state index is 0.277. The number of nitrogens with zero attached hydrogens (tertiary/aromatic N) is 3. The summed E-state index contributed by atoms with van der Waals surface area (Å²) in [5, 5.41) is 14.4. The molecule has 0 aliphatic rings. The Bertz CT molecular complexity index is 958. The van der Waals surface area contributed by atoms with E-state index in [1.807, 2.05) is 24.3 Å². The van der Waals surface area contributed by atoms with Gasteiger partial charge in [0, 0.05) is 30.6 Å². The van der Waals surface area contributed by atoms with Crippen molar-refractivity contribution in [2.24, 2.45) is 7.05 Å². The molecule has 0 saturated carbocycles. The van der Waals surface area contributed by atoms with E-state index < -0.39 is 5.97 Å². The van der Waals surface area contributed by atoms with E-state index in [4.69, 9.17) is 9.47 Å². The quantitative estimate of drug-likeness (QED) is 0.493. The average molecular weight is 367 g/mol. The molecular weight excluding hydrogens is 346 g/mol. The van der Waals surface area contributed by atoms with E-state index in [-0.39, 0.29) is 6.61 Å². The zero-order valence-electron chi connectivity index (χ0n) is 15.4. The van der Waals surface area contributed by atoms with Crippen LogP contribution in [0.25, 0.3) is 16.7 Å². The zero-order valence-corrected chi connectivity index (χ0v) is 15.4. The van der Waals surface area contributed by atoms with Crippen LogP contribution in [0.1, 0.15) is 12.6 Å². The Kier molecular flexibility index (Phi) is 5.55. The zero-order chi connectivity index (χ0) is 19.2. The highest BCUT2D eigenvalue weighted by atomic mass is 16.5. The molecule has 1 aromatic carbocycles. The van der Waals surface area contributed by atoms with Crippen LogP contribution in [-0.4, -0.2) is 39.7 Å². The normalized spacial score (nSPS) is 11.3. The molecule has 0 unspecified atom stereocenters. The Morgan fingerprint density at radius 2 is 2.11 bits per heavy atom. The van der Waals surface area contributed by atoms with Gasteiger partial charge in [-0.2, -0.15) is 10.2 Å². The van der Waals surface area contributed by atoms with E-state index in [0.29, 0.717) is 17.1 Å². The fourth-order valence-electron chi connectivity index (χ4n) is 2.62. The third-order valence-electron chi connectivity index (χ3n) is 3.88. The highest BCUT2D eigenvalue weighted by Crippen LogP contribution is 2.33. The van der Waals surface area contributed by atoms with Crippen LogP contribution in [0, 0.1) is 0 Å². The van der Waals surface area contributed by atoms with Crippen molar-refractivity contribution in [1.82, 2.24) is 20.0 Å². The van der Waals surface area contributed by atoms with Gasteiger partial charge in [-0.1, -0.05) is 18.2 Å². The summed E-state index contributed by atoms with van der Waals surface area (Å²) < 4.78 is 12.2. The van der Waals surface area contributed by atoms with Gasteiger partial charge >= 0.3 is 5.97 Å². The Morgan fingerprint density at radius 3 is 2.81 bits per heavy atom. The summed E-state index contributed by atoms with van der Waals surface area (Å²) in [5.41, 5.74) is 2.52. The van der Waals surface area contributed by atoms with Gasteiger partial charge in [0.25, 0.3) is 0 Å². The van der Waals surface area contributed by atoms with E-state index >= 15 is 0 Å². The third kappa shape index (κ3) is 4.00. The molecule has 3 rings (SSSR count). The first-order valence-electron chi connectivity index (χ1n) is 8.44. The molecule has 0 bridgehead atoms. The second kappa shape index (κ2) is 8.22. The lowest BCUT2D eigenvalue weighted by Crippen LogP contribution is -2.09. The molecule has 2 N–H and O–H groups in total. The summed E-state index contributed by atoms with van der Waals surface area (Å²) in [6.07, 6.45) is 5.02. The van der Waals surface area contributed by atoms with Crippen molar-refractivity contribution in [2.75, 3.05) is 19.0 Å². The number of anilines is 1. The van der Waals surface area contributed by atoms with Gasteiger partial charge in [-0.25, -0.2) is 4.79 Å². The molecule has 8 heteroatoms. The number of carbonyl (C=O) groups excluding carboxylic acids is 1. The van der Waals surface area contributed by atoms with Gasteiger partial charge in [-0.3, -0.25) is 9.78 Å². The molecule has 0 atom stereocenters. The number of ether oxygens (including phenoxy) is 2. The van der Waals surface area contributed by atoms with Gasteiger partial charge in [-0.05, 0) is 19.1 Å². The molecular formula is C19H21N5O3. The number of nitrogens with one attached hydrogen (secondary N) is 2. The van der Waals surface area contributed by atoms with E-state index in [1.165, 1.54) is 0 Å². The summed E-state index contributed by atoms with van der Waals surface area (Å²) in [5.74, 6) is 0.889. The summed E-state index contributed by atoms with van der Waals surface area (Å²) in [6.45, 7) is 2.04. The topological polar surface area (TPSA) is 94.1 Å². The molecule has 0 saturated heterocycles. The smallest absolute Gasteiger partial charge is 0.341 e. The Labute approximate surface area is 156 Å². The molecule has 3 aromatic rings. The summed E-state index contributed by atoms with van der Waals surface area (Å²) in [4.78, 5) is 12.3. The van der Waals surface area contributed by atoms with Crippen molar-refractivity contribution in [3.63, 3.8) is 0 Å². The Hall–Kier alpha value is -3.55. The number of benzene rings is 1. The third-order valence-corrected chi connectivity index (χ3v) is 3.88. The van der Waals surface area contributed by atoms with Crippen molar-refractivity contribution in [3.8, 4) is 16.9 Å². The fourth-order valence-corrected chi connectivity index (χ4v) is 2.62. The minimum atomic E-state index is -0.456. The summed E-state index contributed by atoms with van der Waals surface area (Å²) in [6, 6.07) is 9.37. The van der Waals surface area contributed by atoms with Crippen LogP contribution in [-0.2, 0) is 16.6 Å². The molecule has 140 valence electrons. The minimum Gasteiger partial charge on any atom is -0.496 e. The SMILES string of the molecule is CCOC(=O)/C(=C\Nc1[nH]ncc1-c1ccccc1OC)c1ccn(C)n1. The van der Waals surface area contributed by atoms with E-state index in [2.05, 4.69) is 20.6 Å². The van der Waals surface area contributed by atoms with Crippen molar-refractivity contribution < 1.29 is 14.3 Å². The predicted octanol–water partition coefficient (Wildman–Crippen LogP) is 2.83. The Balaban J connectivity index is 1.94. The van der Waals surface area contributed by atoms with Crippen LogP contribution < -0.4 is 10.1 Å². The number of rotatable bonds is 7. The van der Waals surface area contributed by atoms with E-state index in [1.54, 1.807) is 50.4 Å². The van der Waals surface area contributed by atoms with Gasteiger partial charge in [0.2, 0.25) is 0 Å². The lowest BCUT2D eigenvalue weighted by Gasteiger charge is -2.09. The molecule has 2 heterocycles. The van der Waals surface area contributed by atoms with Crippen LogP contribution in [0.15, 0.2) is 48.9 Å². The first kappa shape index (κ1) is 18.2. The number of esters is 1. The highest BCUT2D eigenvalue weighted by Gasteiger charge is 2.17. The van der Waals surface area contributed by atoms with Gasteiger partial charge in [0.15, 0.2) is 0 Å². The van der Waals surface area contributed by atoms with Crippen LogP contribution in [0.2, 0.25) is 0 Å². The summed E-state index contributed by atoms with van der Waals surface area (Å²) in [7, 11) is 3.40. The first-order chi connectivity index (χ1) is 13.1. The monoisotopic (exact) mass is 367 g/mol. The Morgan fingerprint density at radius 1 is 1.30 bits per heavy atom. The van der Waals surface area contributed by atoms with Crippen LogP contribution in [0.3, 0.4) is 0 Å². The first-order valence-corrected chi connectivity index (χ1v) is 8.44. The lowest BCUT2D eigenvalue weighted by atomic mass is 10.1. The molecule has 2 aromatic heterocycles. The average Bonchev–Trinajstić information content (AvgIpc) is 3.31. The summed E-state index contributed by atoms with van der Waals surface area (Å²) >= 11 is 0. The lowest BCUT2D eigenvalue weighted by molar-refractivity contribution is -0.136. The number of hydrogen-bond acceptors (Lipinski definition) is 6. The number of hydrogen-bond donors (Lipinski definition) is 2. The van der Waals surface area contributed by atoms with Gasteiger partial charge in [-0.15, -0.1) is 0 Å². The maximum Gasteiger partial charge on any atom is 0.341 e. The standard InChI is InChI=1S/C19H21N5O3/c1-4-27-19(25)15(16-9-10-24(2)23-16)11-20-18-14(12-21-22-18)13-7-5-6-8-17(13)26-3/h5-12H,4H2,1-3H3,(H2,20,21,22)/b15-11-. The highest BCUT2D eigenvalue weighted by molar-refractivity contribution is 6.16. The van der Waals surface area contributed by atoms with Crippen molar-refractivity contribution in [2.45, 2.75) is 6.92 Å². The van der Waals surface area contributed by atoms with Crippen LogP contribution in [0.5, 0.6) is 5.75 Å². The van der Waals surface area contributed by atoms with Crippen molar-refractivity contribution >= 4 is 17.4 Å². The van der Waals surface area contributed by atoms with E-state index in [9.17, 15) is 4.79 Å². The van der Waals surface area contributed by atoms with E-state index in [0.717, 1.165) is 16.9 Å². The largest absolute Gasteiger partial charge is 0.496 e. The fraction of sp³-hybridized carbons (Fsp3) is 0.211. The number of methoxy groups -OCH3 is 1. The van der Waals surface area contributed by atoms with Crippen molar-refractivity contribution in [3.05, 3.63) is 54.6 Å². The van der Waals surface area contributed by atoms with Gasteiger partial charge in [0.1, 0.15) is 22.8 Å². The number of H-pyrrole nitrogens is 1. The number of carbonyl (C=O) groups is 1.